The van der Waals surface area contributed by atoms with Crippen molar-refractivity contribution in [3.63, 3.8) is 0 Å². The number of hydrazine groups is 1. The lowest BCUT2D eigenvalue weighted by molar-refractivity contribution is 0.554. The minimum Gasteiger partial charge on any atom is -0.271 e. The fourth-order valence-corrected chi connectivity index (χ4v) is 2.55. The monoisotopic (exact) mass is 281 g/mol. The molecule has 21 heavy (non-hydrogen) atoms. The molecule has 0 saturated carbocycles. The van der Waals surface area contributed by atoms with E-state index in [-0.39, 0.29) is 11.9 Å². The van der Waals surface area contributed by atoms with Gasteiger partial charge in [0.25, 0.3) is 0 Å². The van der Waals surface area contributed by atoms with E-state index in [0.717, 1.165) is 22.0 Å². The van der Waals surface area contributed by atoms with Crippen LogP contribution in [-0.4, -0.2) is 4.98 Å². The second-order valence-electron chi connectivity index (χ2n) is 4.97. The van der Waals surface area contributed by atoms with Crippen molar-refractivity contribution >= 4 is 10.9 Å². The lowest BCUT2D eigenvalue weighted by Gasteiger charge is -2.18. The predicted molar refractivity (Wildman–Crippen MR) is 81.9 cm³/mol. The first-order valence-corrected chi connectivity index (χ1v) is 6.82. The number of benzene rings is 2. The minimum atomic E-state index is -0.231. The molecule has 3 nitrogen and oxygen atoms in total. The van der Waals surface area contributed by atoms with Crippen molar-refractivity contribution in [1.29, 1.82) is 0 Å². The number of hydrogen-bond acceptors (Lipinski definition) is 3. The molecule has 0 amide bonds. The Morgan fingerprint density at radius 2 is 1.86 bits per heavy atom. The molecule has 106 valence electrons. The Morgan fingerprint density at radius 3 is 2.62 bits per heavy atom. The smallest absolute Gasteiger partial charge is 0.123 e. The van der Waals surface area contributed by atoms with Gasteiger partial charge in [0.2, 0.25) is 0 Å². The van der Waals surface area contributed by atoms with Crippen LogP contribution in [0.3, 0.4) is 0 Å². The number of hydrogen-bond donors (Lipinski definition) is 2. The second-order valence-corrected chi connectivity index (χ2v) is 4.97. The van der Waals surface area contributed by atoms with E-state index in [9.17, 15) is 4.39 Å². The van der Waals surface area contributed by atoms with Crippen LogP contribution in [0.4, 0.5) is 4.39 Å². The number of nitrogens with zero attached hydrogens (tertiary/aromatic N) is 1. The summed E-state index contributed by atoms with van der Waals surface area (Å²) in [5.74, 6) is 5.50. The van der Waals surface area contributed by atoms with E-state index < -0.39 is 0 Å². The molecule has 0 spiro atoms. The van der Waals surface area contributed by atoms with Gasteiger partial charge in [-0.2, -0.15) is 0 Å². The molecule has 0 aliphatic rings. The highest BCUT2D eigenvalue weighted by molar-refractivity contribution is 5.82. The Bertz CT molecular complexity index is 735. The molecule has 0 saturated heterocycles. The van der Waals surface area contributed by atoms with Gasteiger partial charge in [-0.1, -0.05) is 30.3 Å². The van der Waals surface area contributed by atoms with Crippen molar-refractivity contribution < 1.29 is 4.39 Å². The van der Waals surface area contributed by atoms with Crippen LogP contribution < -0.4 is 11.3 Å². The molecule has 3 N–H and O–H groups in total. The van der Waals surface area contributed by atoms with Crippen molar-refractivity contribution in [3.8, 4) is 0 Å². The molecule has 4 heteroatoms. The summed E-state index contributed by atoms with van der Waals surface area (Å²) in [5, 5.41) is 1.07. The van der Waals surface area contributed by atoms with Gasteiger partial charge in [0, 0.05) is 11.6 Å². The molecule has 1 unspecified atom stereocenters. The molecule has 0 aliphatic heterocycles. The fourth-order valence-electron chi connectivity index (χ4n) is 2.55. The molecular formula is C17H16FN3. The predicted octanol–water partition coefficient (Wildman–Crippen LogP) is 3.12. The maximum Gasteiger partial charge on any atom is 0.123 e. The minimum absolute atomic E-state index is 0.0524. The zero-order valence-corrected chi connectivity index (χ0v) is 11.5. The summed E-state index contributed by atoms with van der Waals surface area (Å²) in [5.41, 5.74) is 5.91. The Morgan fingerprint density at radius 1 is 1.05 bits per heavy atom. The summed E-state index contributed by atoms with van der Waals surface area (Å²) in [6.45, 7) is 0. The number of rotatable bonds is 4. The lowest BCUT2D eigenvalue weighted by Crippen LogP contribution is -2.29. The van der Waals surface area contributed by atoms with E-state index in [4.69, 9.17) is 5.84 Å². The van der Waals surface area contributed by atoms with Crippen LogP contribution in [0.2, 0.25) is 0 Å². The molecule has 1 heterocycles. The molecule has 3 rings (SSSR count). The van der Waals surface area contributed by atoms with Gasteiger partial charge in [0.05, 0.1) is 11.6 Å². The van der Waals surface area contributed by atoms with Gasteiger partial charge in [0.1, 0.15) is 5.82 Å². The molecule has 3 aromatic rings. The van der Waals surface area contributed by atoms with Crippen molar-refractivity contribution in [2.75, 3.05) is 0 Å². The average Bonchev–Trinajstić information content (AvgIpc) is 2.54. The van der Waals surface area contributed by atoms with Gasteiger partial charge < -0.3 is 0 Å². The quantitative estimate of drug-likeness (QED) is 0.570. The second kappa shape index (κ2) is 5.99. The van der Waals surface area contributed by atoms with Gasteiger partial charge in [-0.25, -0.2) is 4.39 Å². The number of fused-ring (bicyclic) bond motifs is 1. The van der Waals surface area contributed by atoms with Gasteiger partial charge >= 0.3 is 0 Å². The van der Waals surface area contributed by atoms with E-state index in [1.165, 1.54) is 12.1 Å². The molecule has 2 aromatic carbocycles. The van der Waals surface area contributed by atoms with E-state index in [2.05, 4.69) is 10.4 Å². The van der Waals surface area contributed by atoms with Crippen LogP contribution in [0.25, 0.3) is 10.9 Å². The third-order valence-electron chi connectivity index (χ3n) is 3.61. The number of nitrogens with one attached hydrogen (secondary N) is 1. The standard InChI is InChI=1S/C17H16FN3/c18-13-8-6-12(7-9-13)11-17(21-19)15-3-1-5-16-14(15)4-2-10-20-16/h1-10,17,21H,11,19H2. The van der Waals surface area contributed by atoms with E-state index in [1.807, 2.05) is 30.3 Å². The largest absolute Gasteiger partial charge is 0.271 e. The first kappa shape index (κ1) is 13.7. The first-order valence-electron chi connectivity index (χ1n) is 6.82. The van der Waals surface area contributed by atoms with Crippen LogP contribution in [0.15, 0.2) is 60.8 Å². The van der Waals surface area contributed by atoms with Crippen molar-refractivity contribution in [2.24, 2.45) is 5.84 Å². The van der Waals surface area contributed by atoms with Crippen molar-refractivity contribution in [2.45, 2.75) is 12.5 Å². The van der Waals surface area contributed by atoms with Crippen LogP contribution in [0.5, 0.6) is 0 Å². The van der Waals surface area contributed by atoms with Crippen LogP contribution in [-0.2, 0) is 6.42 Å². The van der Waals surface area contributed by atoms with Crippen LogP contribution >= 0.6 is 0 Å². The van der Waals surface area contributed by atoms with E-state index in [1.54, 1.807) is 18.3 Å². The Labute approximate surface area is 122 Å². The van der Waals surface area contributed by atoms with Gasteiger partial charge in [-0.15, -0.1) is 0 Å². The van der Waals surface area contributed by atoms with Gasteiger partial charge in [-0.05, 0) is 41.8 Å². The third-order valence-corrected chi connectivity index (χ3v) is 3.61. The van der Waals surface area contributed by atoms with Crippen LogP contribution in [0.1, 0.15) is 17.2 Å². The third kappa shape index (κ3) is 2.91. The maximum absolute atomic E-state index is 13.0. The Kier molecular flexibility index (Phi) is 3.90. The van der Waals surface area contributed by atoms with Crippen LogP contribution in [0, 0.1) is 5.82 Å². The SMILES string of the molecule is NNC(Cc1ccc(F)cc1)c1cccc2ncccc12. The molecule has 0 aliphatic carbocycles. The van der Waals surface area contributed by atoms with E-state index in [0.29, 0.717) is 6.42 Å². The number of nitrogens with two attached hydrogens (primary N) is 1. The topological polar surface area (TPSA) is 50.9 Å². The Hall–Kier alpha value is -2.30. The molecule has 1 aromatic heterocycles. The summed E-state index contributed by atoms with van der Waals surface area (Å²) >= 11 is 0. The molecule has 1 atom stereocenters. The fraction of sp³-hybridized carbons (Fsp3) is 0.118. The first-order chi connectivity index (χ1) is 10.3. The van der Waals surface area contributed by atoms with Crippen molar-refractivity contribution in [3.05, 3.63) is 77.7 Å². The number of aromatic nitrogens is 1. The molecule has 0 bridgehead atoms. The maximum atomic E-state index is 13.0. The number of pyridine rings is 1. The lowest BCUT2D eigenvalue weighted by atomic mass is 9.96. The zero-order chi connectivity index (χ0) is 14.7. The summed E-state index contributed by atoms with van der Waals surface area (Å²) in [6, 6.07) is 16.4. The van der Waals surface area contributed by atoms with Gasteiger partial charge in [0.15, 0.2) is 0 Å². The molecule has 0 radical (unpaired) electrons. The summed E-state index contributed by atoms with van der Waals surface area (Å²) in [4.78, 5) is 4.36. The highest BCUT2D eigenvalue weighted by Crippen LogP contribution is 2.25. The highest BCUT2D eigenvalue weighted by atomic mass is 19.1. The molecule has 0 fully saturated rings. The average molecular weight is 281 g/mol. The van der Waals surface area contributed by atoms with E-state index >= 15 is 0 Å². The summed E-state index contributed by atoms with van der Waals surface area (Å²) < 4.78 is 13.0. The molecular weight excluding hydrogens is 265 g/mol. The Balaban J connectivity index is 1.96. The normalized spacial score (nSPS) is 12.5. The zero-order valence-electron chi connectivity index (χ0n) is 11.5. The number of halogens is 1. The summed E-state index contributed by atoms with van der Waals surface area (Å²) in [6.07, 6.45) is 2.46. The van der Waals surface area contributed by atoms with Gasteiger partial charge in [-0.3, -0.25) is 16.3 Å². The van der Waals surface area contributed by atoms with Crippen molar-refractivity contribution in [1.82, 2.24) is 10.4 Å². The highest BCUT2D eigenvalue weighted by Gasteiger charge is 2.13. The summed E-state index contributed by atoms with van der Waals surface area (Å²) in [7, 11) is 0.